The third-order valence-corrected chi connectivity index (χ3v) is 3.15. The average Bonchev–Trinajstić information content (AvgIpc) is 2.24. The van der Waals surface area contributed by atoms with Crippen LogP contribution in [-0.4, -0.2) is 30.6 Å². The van der Waals surface area contributed by atoms with Crippen LogP contribution in [0.2, 0.25) is 5.02 Å². The van der Waals surface area contributed by atoms with Gasteiger partial charge < -0.3 is 5.32 Å². The van der Waals surface area contributed by atoms with Crippen LogP contribution in [0.3, 0.4) is 0 Å². The van der Waals surface area contributed by atoms with E-state index in [1.165, 1.54) is 6.07 Å². The topological polar surface area (TPSA) is 15.3 Å². The lowest BCUT2D eigenvalue weighted by Gasteiger charge is -2.31. The molecule has 1 aromatic carbocycles. The molecule has 2 rings (SSSR count). The average molecular weight is 243 g/mol. The monoisotopic (exact) mass is 242 g/mol. The van der Waals surface area contributed by atoms with Crippen molar-refractivity contribution in [1.29, 1.82) is 0 Å². The Morgan fingerprint density at radius 1 is 1.56 bits per heavy atom. The molecule has 88 valence electrons. The van der Waals surface area contributed by atoms with Gasteiger partial charge in [0.25, 0.3) is 0 Å². The van der Waals surface area contributed by atoms with Gasteiger partial charge in [-0.1, -0.05) is 17.7 Å². The zero-order valence-electron chi connectivity index (χ0n) is 9.34. The quantitative estimate of drug-likeness (QED) is 0.856. The molecule has 1 unspecified atom stereocenters. The van der Waals surface area contributed by atoms with E-state index >= 15 is 0 Å². The molecule has 1 aliphatic heterocycles. The molecule has 1 N–H and O–H groups in total. The minimum Gasteiger partial charge on any atom is -0.312 e. The van der Waals surface area contributed by atoms with Gasteiger partial charge >= 0.3 is 0 Å². The summed E-state index contributed by atoms with van der Waals surface area (Å²) in [6.07, 6.45) is 0. The van der Waals surface area contributed by atoms with Crippen molar-refractivity contribution in [1.82, 2.24) is 10.2 Å². The fourth-order valence-corrected chi connectivity index (χ4v) is 2.17. The van der Waals surface area contributed by atoms with Crippen LogP contribution in [0.4, 0.5) is 4.39 Å². The molecule has 2 nitrogen and oxygen atoms in total. The van der Waals surface area contributed by atoms with Gasteiger partial charge in [0.2, 0.25) is 0 Å². The second-order valence-corrected chi connectivity index (χ2v) is 4.75. The van der Waals surface area contributed by atoms with E-state index in [-0.39, 0.29) is 10.8 Å². The minimum absolute atomic E-state index is 0.192. The lowest BCUT2D eigenvalue weighted by atomic mass is 10.1. The molecule has 4 heteroatoms. The molecule has 0 radical (unpaired) electrons. The summed E-state index contributed by atoms with van der Waals surface area (Å²) in [6, 6.07) is 5.54. The fraction of sp³-hybridized carbons (Fsp3) is 0.500. The molecule has 1 aliphatic rings. The van der Waals surface area contributed by atoms with Gasteiger partial charge in [-0.05, 0) is 24.6 Å². The predicted octanol–water partition coefficient (Wildman–Crippen LogP) is 2.27. The van der Waals surface area contributed by atoms with Crippen LogP contribution in [0.25, 0.3) is 0 Å². The first-order valence-corrected chi connectivity index (χ1v) is 5.92. The van der Waals surface area contributed by atoms with Crippen molar-refractivity contribution in [3.05, 3.63) is 34.6 Å². The lowest BCUT2D eigenvalue weighted by Crippen LogP contribution is -2.48. The smallest absolute Gasteiger partial charge is 0.142 e. The largest absolute Gasteiger partial charge is 0.312 e. The number of benzene rings is 1. The zero-order valence-corrected chi connectivity index (χ0v) is 10.1. The Morgan fingerprint density at radius 3 is 3.06 bits per heavy atom. The van der Waals surface area contributed by atoms with Gasteiger partial charge in [-0.15, -0.1) is 0 Å². The number of piperazine rings is 1. The highest BCUT2D eigenvalue weighted by Gasteiger charge is 2.15. The summed E-state index contributed by atoms with van der Waals surface area (Å²) in [5.74, 6) is -0.331. The first-order chi connectivity index (χ1) is 7.65. The van der Waals surface area contributed by atoms with E-state index in [0.717, 1.165) is 31.7 Å². The summed E-state index contributed by atoms with van der Waals surface area (Å²) in [5.41, 5.74) is 0.982. The first kappa shape index (κ1) is 11.8. The third kappa shape index (κ3) is 2.94. The summed E-state index contributed by atoms with van der Waals surface area (Å²) < 4.78 is 13.2. The molecule has 0 amide bonds. The molecule has 0 saturated carbocycles. The van der Waals surface area contributed by atoms with Crippen LogP contribution in [0.15, 0.2) is 18.2 Å². The van der Waals surface area contributed by atoms with E-state index in [9.17, 15) is 4.39 Å². The molecule has 0 spiro atoms. The van der Waals surface area contributed by atoms with Crippen molar-refractivity contribution in [3.8, 4) is 0 Å². The van der Waals surface area contributed by atoms with Crippen LogP contribution >= 0.6 is 11.6 Å². The van der Waals surface area contributed by atoms with Gasteiger partial charge in [0.15, 0.2) is 0 Å². The third-order valence-electron chi connectivity index (χ3n) is 2.84. The molecule has 1 aromatic rings. The number of hydrogen-bond acceptors (Lipinski definition) is 2. The molecule has 1 fully saturated rings. The maximum Gasteiger partial charge on any atom is 0.142 e. The van der Waals surface area contributed by atoms with E-state index < -0.39 is 0 Å². The highest BCUT2D eigenvalue weighted by atomic mass is 35.5. The highest BCUT2D eigenvalue weighted by Crippen LogP contribution is 2.17. The first-order valence-electron chi connectivity index (χ1n) is 5.55. The fourth-order valence-electron chi connectivity index (χ4n) is 2.05. The number of nitrogens with zero attached hydrogens (tertiary/aromatic N) is 1. The number of nitrogens with one attached hydrogen (secondary N) is 1. The van der Waals surface area contributed by atoms with Gasteiger partial charge in [0.1, 0.15) is 5.82 Å². The SMILES string of the molecule is CC1CN(Cc2ccc(Cl)c(F)c2)CCN1. The maximum absolute atomic E-state index is 13.2. The van der Waals surface area contributed by atoms with Crippen molar-refractivity contribution in [2.75, 3.05) is 19.6 Å². The molecule has 1 saturated heterocycles. The Balaban J connectivity index is 2.00. The van der Waals surface area contributed by atoms with E-state index in [1.54, 1.807) is 6.07 Å². The van der Waals surface area contributed by atoms with E-state index in [4.69, 9.17) is 11.6 Å². The highest BCUT2D eigenvalue weighted by molar-refractivity contribution is 6.30. The number of hydrogen-bond donors (Lipinski definition) is 1. The summed E-state index contributed by atoms with van der Waals surface area (Å²) in [4.78, 5) is 2.32. The molecule has 1 heterocycles. The van der Waals surface area contributed by atoms with E-state index in [2.05, 4.69) is 17.1 Å². The number of rotatable bonds is 2. The summed E-state index contributed by atoms with van der Waals surface area (Å²) in [6.45, 7) is 5.96. The molecule has 16 heavy (non-hydrogen) atoms. The Kier molecular flexibility index (Phi) is 3.79. The normalized spacial score (nSPS) is 22.3. The summed E-state index contributed by atoms with van der Waals surface area (Å²) in [7, 11) is 0. The van der Waals surface area contributed by atoms with Crippen molar-refractivity contribution in [2.24, 2.45) is 0 Å². The number of halogens is 2. The zero-order chi connectivity index (χ0) is 11.5. The molecule has 0 bridgehead atoms. The van der Waals surface area contributed by atoms with Crippen LogP contribution in [-0.2, 0) is 6.54 Å². The van der Waals surface area contributed by atoms with Gasteiger partial charge in [-0.3, -0.25) is 4.90 Å². The van der Waals surface area contributed by atoms with Gasteiger partial charge in [-0.25, -0.2) is 4.39 Å². The lowest BCUT2D eigenvalue weighted by molar-refractivity contribution is 0.199. The van der Waals surface area contributed by atoms with Crippen LogP contribution in [0, 0.1) is 5.82 Å². The minimum atomic E-state index is -0.331. The van der Waals surface area contributed by atoms with Crippen LogP contribution < -0.4 is 5.32 Å². The Hall–Kier alpha value is -0.640. The molecule has 1 atom stereocenters. The van der Waals surface area contributed by atoms with E-state index in [1.807, 2.05) is 6.07 Å². The predicted molar refractivity (Wildman–Crippen MR) is 64.2 cm³/mol. The van der Waals surface area contributed by atoms with Crippen molar-refractivity contribution >= 4 is 11.6 Å². The van der Waals surface area contributed by atoms with Gasteiger partial charge in [0, 0.05) is 32.2 Å². The van der Waals surface area contributed by atoms with Crippen molar-refractivity contribution in [3.63, 3.8) is 0 Å². The summed E-state index contributed by atoms with van der Waals surface area (Å²) in [5, 5.41) is 3.57. The Bertz CT molecular complexity index is 370. The summed E-state index contributed by atoms with van der Waals surface area (Å²) >= 11 is 5.65. The molecular weight excluding hydrogens is 227 g/mol. The Morgan fingerprint density at radius 2 is 2.38 bits per heavy atom. The molecular formula is C12H16ClFN2. The second kappa shape index (κ2) is 5.13. The molecule has 0 aromatic heterocycles. The van der Waals surface area contributed by atoms with Crippen LogP contribution in [0.1, 0.15) is 12.5 Å². The standard InChI is InChI=1S/C12H16ClFN2/c1-9-7-16(5-4-15-9)8-10-2-3-11(13)12(14)6-10/h2-3,6,9,15H,4-5,7-8H2,1H3. The van der Waals surface area contributed by atoms with E-state index in [0.29, 0.717) is 6.04 Å². The van der Waals surface area contributed by atoms with Crippen molar-refractivity contribution < 1.29 is 4.39 Å². The van der Waals surface area contributed by atoms with Crippen molar-refractivity contribution in [2.45, 2.75) is 19.5 Å². The van der Waals surface area contributed by atoms with Gasteiger partial charge in [0.05, 0.1) is 5.02 Å². The van der Waals surface area contributed by atoms with Gasteiger partial charge in [-0.2, -0.15) is 0 Å². The van der Waals surface area contributed by atoms with Crippen LogP contribution in [0.5, 0.6) is 0 Å². The second-order valence-electron chi connectivity index (χ2n) is 4.34. The molecule has 0 aliphatic carbocycles. The Labute approximate surface area is 100 Å². The maximum atomic E-state index is 13.2.